The number of hydrogen-bond donors (Lipinski definition) is 3. The number of carboxylic acids is 2. The molecule has 0 aromatic heterocycles. The number of carboxylic acid groups (broad SMARTS) is 2. The SMILES string of the molecule is O=C(O)c1ccc(C(=O)O)c(S(=O)(=O)O)c1.[RbH]. The van der Waals surface area contributed by atoms with Gasteiger partial charge in [0.2, 0.25) is 0 Å². The van der Waals surface area contributed by atoms with E-state index in [4.69, 9.17) is 14.8 Å². The van der Waals surface area contributed by atoms with Gasteiger partial charge in [0.1, 0.15) is 4.90 Å². The standard InChI is InChI=1S/C8H6O7S.Rb.H/c9-7(10)4-1-2-5(8(11)12)6(3-4)16(13,14)15;;/h1-3H,(H,9,10)(H,11,12)(H,13,14,15);;. The van der Waals surface area contributed by atoms with E-state index in [1.54, 1.807) is 0 Å². The molecule has 0 bridgehead atoms. The molecule has 88 valence electrons. The van der Waals surface area contributed by atoms with Crippen LogP contribution in [0.1, 0.15) is 20.7 Å². The molecule has 0 unspecified atom stereocenters. The van der Waals surface area contributed by atoms with Crippen molar-refractivity contribution in [2.75, 3.05) is 0 Å². The number of carbonyl (C=O) groups is 2. The molecule has 0 spiro atoms. The number of benzene rings is 1. The summed E-state index contributed by atoms with van der Waals surface area (Å²) in [4.78, 5) is 20.2. The Balaban J connectivity index is 0.00000256. The Labute approximate surface area is 145 Å². The third-order valence-electron chi connectivity index (χ3n) is 1.74. The van der Waals surface area contributed by atoms with E-state index >= 15 is 0 Å². The van der Waals surface area contributed by atoms with Gasteiger partial charge in [-0.15, -0.1) is 0 Å². The third-order valence-corrected chi connectivity index (χ3v) is 2.63. The first kappa shape index (κ1) is 16.9. The van der Waals surface area contributed by atoms with Gasteiger partial charge in [-0.2, -0.15) is 8.42 Å². The molecule has 0 saturated heterocycles. The Bertz CT molecular complexity index is 563. The molecule has 0 aliphatic rings. The van der Waals surface area contributed by atoms with E-state index in [2.05, 4.69) is 0 Å². The van der Waals surface area contributed by atoms with E-state index in [0.29, 0.717) is 6.07 Å². The van der Waals surface area contributed by atoms with E-state index in [9.17, 15) is 18.0 Å². The van der Waals surface area contributed by atoms with Gasteiger partial charge in [0.15, 0.2) is 0 Å². The molecule has 3 N–H and O–H groups in total. The van der Waals surface area contributed by atoms with Crippen LogP contribution in [0.25, 0.3) is 0 Å². The molecule has 1 aromatic rings. The maximum absolute atomic E-state index is 10.8. The van der Waals surface area contributed by atoms with Gasteiger partial charge in [0.25, 0.3) is 10.1 Å². The van der Waals surface area contributed by atoms with Crippen LogP contribution in [0.3, 0.4) is 0 Å². The molecule has 0 amide bonds. The number of aromatic carboxylic acids is 2. The van der Waals surface area contributed by atoms with Gasteiger partial charge in [-0.05, 0) is 18.2 Å². The molecule has 0 fully saturated rings. The fourth-order valence-electron chi connectivity index (χ4n) is 1.05. The van der Waals surface area contributed by atoms with Crippen molar-refractivity contribution in [1.29, 1.82) is 0 Å². The summed E-state index contributed by atoms with van der Waals surface area (Å²) in [6.07, 6.45) is 0. The summed E-state index contributed by atoms with van der Waals surface area (Å²) in [5.41, 5.74) is -1.12. The Morgan fingerprint density at radius 2 is 1.59 bits per heavy atom. The fourth-order valence-corrected chi connectivity index (χ4v) is 1.75. The molecular weight excluding hydrogens is 326 g/mol. The molecule has 0 radical (unpaired) electrons. The summed E-state index contributed by atoms with van der Waals surface area (Å²) in [6.45, 7) is 0. The molecule has 7 nitrogen and oxygen atoms in total. The second kappa shape index (κ2) is 6.16. The van der Waals surface area contributed by atoms with Crippen LogP contribution in [-0.2, 0) is 10.1 Å². The van der Waals surface area contributed by atoms with Crippen molar-refractivity contribution in [3.8, 4) is 0 Å². The molecule has 9 heteroatoms. The molecule has 17 heavy (non-hydrogen) atoms. The summed E-state index contributed by atoms with van der Waals surface area (Å²) in [6, 6.07) is 2.32. The van der Waals surface area contributed by atoms with Crippen molar-refractivity contribution in [2.45, 2.75) is 4.90 Å². The Kier molecular flexibility index (Phi) is 6.12. The molecule has 0 aliphatic carbocycles. The van der Waals surface area contributed by atoms with E-state index in [-0.39, 0.29) is 58.2 Å². The molecule has 0 saturated carbocycles. The predicted molar refractivity (Wildman–Crippen MR) is 57.3 cm³/mol. The second-order valence-corrected chi connectivity index (χ2v) is 4.19. The second-order valence-electron chi connectivity index (χ2n) is 2.80. The summed E-state index contributed by atoms with van der Waals surface area (Å²) in [7, 11) is -4.78. The summed E-state index contributed by atoms with van der Waals surface area (Å²) >= 11 is 0. The maximum atomic E-state index is 10.8. The van der Waals surface area contributed by atoms with Crippen molar-refractivity contribution in [2.24, 2.45) is 0 Å². The number of hydrogen-bond acceptors (Lipinski definition) is 4. The fraction of sp³-hybridized carbons (Fsp3) is 0. The van der Waals surface area contributed by atoms with Gasteiger partial charge in [-0.1, -0.05) is 0 Å². The summed E-state index contributed by atoms with van der Waals surface area (Å²) in [5.74, 6) is -3.01. The van der Waals surface area contributed by atoms with Crippen LogP contribution in [0.15, 0.2) is 23.1 Å². The molecule has 1 aromatic carbocycles. The quantitative estimate of drug-likeness (QED) is 0.647. The molecule has 0 heterocycles. The van der Waals surface area contributed by atoms with Gasteiger partial charge < -0.3 is 10.2 Å². The van der Waals surface area contributed by atoms with Crippen LogP contribution in [0.5, 0.6) is 0 Å². The zero-order valence-corrected chi connectivity index (χ0v) is 8.43. The Morgan fingerprint density at radius 1 is 1.06 bits per heavy atom. The van der Waals surface area contributed by atoms with Gasteiger partial charge in [-0.25, -0.2) is 9.59 Å². The van der Waals surface area contributed by atoms with Gasteiger partial charge >= 0.3 is 70.1 Å². The zero-order chi connectivity index (χ0) is 12.5. The van der Waals surface area contributed by atoms with E-state index in [1.165, 1.54) is 0 Å². The first-order valence-electron chi connectivity index (χ1n) is 3.81. The molecular formula is C8H7O7RbS. The van der Waals surface area contributed by atoms with Gasteiger partial charge in [0.05, 0.1) is 11.1 Å². The van der Waals surface area contributed by atoms with Gasteiger partial charge in [0, 0.05) is 0 Å². The van der Waals surface area contributed by atoms with E-state index < -0.39 is 38.1 Å². The van der Waals surface area contributed by atoms with Crippen LogP contribution >= 0.6 is 0 Å². The Hall–Kier alpha value is -0.125. The first-order valence-corrected chi connectivity index (χ1v) is 5.25. The van der Waals surface area contributed by atoms with E-state index in [1.807, 2.05) is 0 Å². The topological polar surface area (TPSA) is 129 Å². The van der Waals surface area contributed by atoms with Crippen molar-refractivity contribution in [3.05, 3.63) is 29.3 Å². The van der Waals surface area contributed by atoms with Crippen LogP contribution in [0.4, 0.5) is 0 Å². The third kappa shape index (κ3) is 4.23. The first-order chi connectivity index (χ1) is 7.23. The Morgan fingerprint density at radius 3 is 1.94 bits per heavy atom. The van der Waals surface area contributed by atoms with Crippen molar-refractivity contribution in [3.63, 3.8) is 0 Å². The van der Waals surface area contributed by atoms with E-state index in [0.717, 1.165) is 12.1 Å². The average Bonchev–Trinajstić information content (AvgIpc) is 2.15. The molecule has 0 atom stereocenters. The number of rotatable bonds is 3. The normalized spacial score (nSPS) is 10.4. The predicted octanol–water partition coefficient (Wildman–Crippen LogP) is -0.319. The summed E-state index contributed by atoms with van der Waals surface area (Å²) in [5, 5.41) is 17.2. The monoisotopic (exact) mass is 332 g/mol. The van der Waals surface area contributed by atoms with Crippen molar-refractivity contribution < 1.29 is 32.8 Å². The minimum atomic E-state index is -4.78. The minimum absolute atomic E-state index is 0. The van der Waals surface area contributed by atoms with Crippen LogP contribution < -0.4 is 0 Å². The van der Waals surface area contributed by atoms with Crippen LogP contribution in [0, 0.1) is 0 Å². The average molecular weight is 333 g/mol. The molecule has 0 aliphatic heterocycles. The van der Waals surface area contributed by atoms with Crippen LogP contribution in [0.2, 0.25) is 0 Å². The summed E-state index contributed by atoms with van der Waals surface area (Å²) < 4.78 is 30.4. The van der Waals surface area contributed by atoms with Crippen molar-refractivity contribution >= 4 is 80.2 Å². The molecule has 1 rings (SSSR count). The van der Waals surface area contributed by atoms with Gasteiger partial charge in [-0.3, -0.25) is 4.55 Å². The zero-order valence-electron chi connectivity index (χ0n) is 7.61. The van der Waals surface area contributed by atoms with Crippen molar-refractivity contribution in [1.82, 2.24) is 0 Å². The van der Waals surface area contributed by atoms with Crippen LogP contribution in [-0.4, -0.2) is 93.3 Å².